The molecule has 2 aliphatic carbocycles. The summed E-state index contributed by atoms with van der Waals surface area (Å²) in [5, 5.41) is 25.0. The van der Waals surface area contributed by atoms with Crippen molar-refractivity contribution in [3.8, 4) is 124 Å². The molecule has 118 heavy (non-hydrogen) atoms. The average molecular weight is 1500 g/mol. The van der Waals surface area contributed by atoms with Gasteiger partial charge in [0.1, 0.15) is 0 Å². The molecule has 26 rings (SSSR count). The molecule has 4 heterocycles. The van der Waals surface area contributed by atoms with E-state index in [1.54, 1.807) is 0 Å². The lowest BCUT2D eigenvalue weighted by Crippen LogP contribution is -2.02. The maximum absolute atomic E-state index is 5.16. The number of benzene rings is 20. The lowest BCUT2D eigenvalue weighted by Gasteiger charge is -2.19. The van der Waals surface area contributed by atoms with Crippen molar-refractivity contribution in [2.75, 3.05) is 0 Å². The SMILES string of the molecule is c1ccc(-c2nc(-c3ccc(-n4c5cccc6c5c5c7c(cc8ccccc8c7c7ccccc7c54)-c4ccccc4-6)cc3)nc(-c3ccc4ccccc4c3)n2)cc1.c1ccc(-c2nc(-c3ccccc3)nc(-c3ccc(-n4c5cccc6c5c5c7c(cc8ccccc8c7c7ccccc7c54)-c4ccccc4-6)c4ccccc34)n2)cc1. The number of hydrogen-bond donors (Lipinski definition) is 0. The quantitative estimate of drug-likeness (QED) is 0.141. The number of nitrogens with zero attached hydrogens (tertiary/aromatic N) is 8. The monoisotopic (exact) mass is 1500 g/mol. The van der Waals surface area contributed by atoms with Gasteiger partial charge in [0.25, 0.3) is 0 Å². The summed E-state index contributed by atoms with van der Waals surface area (Å²) in [6.45, 7) is 0. The van der Waals surface area contributed by atoms with E-state index < -0.39 is 0 Å². The van der Waals surface area contributed by atoms with Crippen LogP contribution in [0, 0.1) is 0 Å². The van der Waals surface area contributed by atoms with Crippen LogP contribution in [0.3, 0.4) is 0 Å². The Morgan fingerprint density at radius 1 is 0.161 bits per heavy atom. The van der Waals surface area contributed by atoms with Gasteiger partial charge in [0.2, 0.25) is 0 Å². The second-order valence-corrected chi connectivity index (χ2v) is 31.0. The second kappa shape index (κ2) is 25.8. The molecule has 0 unspecified atom stereocenters. The van der Waals surface area contributed by atoms with E-state index in [0.717, 1.165) is 60.9 Å². The zero-order valence-corrected chi connectivity index (χ0v) is 63.5. The fourth-order valence-corrected chi connectivity index (χ4v) is 19.6. The molecule has 0 saturated heterocycles. The smallest absolute Gasteiger partial charge is 0.164 e. The maximum atomic E-state index is 5.16. The van der Waals surface area contributed by atoms with Crippen molar-refractivity contribution in [2.45, 2.75) is 0 Å². The highest BCUT2D eigenvalue weighted by Crippen LogP contribution is 2.57. The van der Waals surface area contributed by atoms with Crippen LogP contribution >= 0.6 is 0 Å². The van der Waals surface area contributed by atoms with Crippen LogP contribution in [0.4, 0.5) is 0 Å². The molecule has 0 aliphatic heterocycles. The molecule has 8 heteroatoms. The van der Waals surface area contributed by atoms with Crippen LogP contribution in [0.25, 0.3) is 254 Å². The summed E-state index contributed by atoms with van der Waals surface area (Å²) in [6.07, 6.45) is 0. The number of rotatable bonds is 8. The topological polar surface area (TPSA) is 87.2 Å². The third kappa shape index (κ3) is 9.84. The van der Waals surface area contributed by atoms with Crippen molar-refractivity contribution in [3.63, 3.8) is 0 Å². The maximum Gasteiger partial charge on any atom is 0.164 e. The molecular formula is C110H64N8. The highest BCUT2D eigenvalue weighted by Gasteiger charge is 2.32. The lowest BCUT2D eigenvalue weighted by atomic mass is 9.88. The third-order valence-electron chi connectivity index (χ3n) is 24.6. The number of hydrogen-bond acceptors (Lipinski definition) is 6. The van der Waals surface area contributed by atoms with Crippen molar-refractivity contribution >= 4 is 130 Å². The first-order valence-corrected chi connectivity index (χ1v) is 40.2. The van der Waals surface area contributed by atoms with Gasteiger partial charge in [-0.3, -0.25) is 0 Å². The molecule has 0 N–H and O–H groups in total. The van der Waals surface area contributed by atoms with E-state index in [1.807, 2.05) is 54.6 Å². The van der Waals surface area contributed by atoms with Gasteiger partial charge in [0.15, 0.2) is 34.9 Å². The first-order chi connectivity index (χ1) is 58.6. The Kier molecular flexibility index (Phi) is 14.4. The Bertz CT molecular complexity index is 8360. The molecule has 0 fully saturated rings. The fourth-order valence-electron chi connectivity index (χ4n) is 19.6. The molecule has 0 saturated carbocycles. The second-order valence-electron chi connectivity index (χ2n) is 31.0. The zero-order chi connectivity index (χ0) is 77.2. The van der Waals surface area contributed by atoms with E-state index in [-0.39, 0.29) is 0 Å². The zero-order valence-electron chi connectivity index (χ0n) is 63.5. The van der Waals surface area contributed by atoms with E-state index in [1.165, 1.54) is 158 Å². The molecule has 0 atom stereocenters. The van der Waals surface area contributed by atoms with E-state index in [2.05, 4.69) is 343 Å². The van der Waals surface area contributed by atoms with Crippen LogP contribution in [0.5, 0.6) is 0 Å². The van der Waals surface area contributed by atoms with Crippen LogP contribution in [0.15, 0.2) is 388 Å². The Morgan fingerprint density at radius 3 is 1.02 bits per heavy atom. The van der Waals surface area contributed by atoms with Gasteiger partial charge in [-0.25, -0.2) is 29.9 Å². The fraction of sp³-hybridized carbons (Fsp3) is 0. The molecule has 4 aromatic heterocycles. The predicted molar refractivity (Wildman–Crippen MR) is 490 cm³/mol. The first kappa shape index (κ1) is 65.6. The summed E-state index contributed by atoms with van der Waals surface area (Å²) in [6, 6.07) is 139. The van der Waals surface area contributed by atoms with Gasteiger partial charge in [-0.2, -0.15) is 0 Å². The van der Waals surface area contributed by atoms with Crippen LogP contribution in [-0.2, 0) is 0 Å². The van der Waals surface area contributed by atoms with Crippen LogP contribution in [0.2, 0.25) is 0 Å². The highest BCUT2D eigenvalue weighted by atomic mass is 15.1. The Balaban J connectivity index is 0.000000131. The van der Waals surface area contributed by atoms with Crippen molar-refractivity contribution < 1.29 is 0 Å². The standard InChI is InChI=1S/2C55H32N4/c1-3-16-33(17-4-1)53-56-54(34-18-5-2-6-19-34)58-55(57-53)44-30-31-46(40-25-12-11-24-39(40)44)59-47-29-15-28-41-37-22-9-10-23-38(37)45-32-35-20-7-8-21-36(35)48-42-26-13-14-27-43(42)52(59)51(49(41)47)50(45)48;1-2-14-34(15-3-1)53-56-54(58-55(57-53)38-26-25-33-13-4-5-16-36(33)31-38)35-27-29-39(30-28-35)59-47-24-12-23-43-41-19-8-9-20-42(41)46-32-37-17-6-7-18-40(37)48-44-21-10-11-22-45(44)52(59)51(49(43)47)50(46)48/h2*1-32H. The average Bonchev–Trinajstić information content (AvgIpc) is 1.55. The Labute approximate surface area is 676 Å². The van der Waals surface area contributed by atoms with Gasteiger partial charge in [0.05, 0.1) is 27.8 Å². The Hall–Kier alpha value is -15.9. The van der Waals surface area contributed by atoms with E-state index in [4.69, 9.17) is 29.9 Å². The van der Waals surface area contributed by atoms with Gasteiger partial charge >= 0.3 is 0 Å². The molecule has 24 aromatic rings. The number of aromatic nitrogens is 8. The minimum Gasteiger partial charge on any atom is -0.309 e. The predicted octanol–water partition coefficient (Wildman–Crippen LogP) is 28.5. The van der Waals surface area contributed by atoms with Gasteiger partial charge < -0.3 is 9.13 Å². The minimum absolute atomic E-state index is 0.636. The molecule has 544 valence electrons. The molecule has 2 aliphatic rings. The van der Waals surface area contributed by atoms with Gasteiger partial charge in [-0.05, 0) is 170 Å². The van der Waals surface area contributed by atoms with Gasteiger partial charge in [0, 0.05) is 87.5 Å². The summed E-state index contributed by atoms with van der Waals surface area (Å²) in [7, 11) is 0. The molecule has 8 nitrogen and oxygen atoms in total. The highest BCUT2D eigenvalue weighted by molar-refractivity contribution is 6.43. The van der Waals surface area contributed by atoms with Gasteiger partial charge in [-0.15, -0.1) is 0 Å². The molecular weight excluding hydrogens is 1430 g/mol. The molecule has 0 radical (unpaired) electrons. The molecule has 20 aromatic carbocycles. The lowest BCUT2D eigenvalue weighted by molar-refractivity contribution is 1.07. The molecule has 0 spiro atoms. The first-order valence-electron chi connectivity index (χ1n) is 40.2. The summed E-state index contributed by atoms with van der Waals surface area (Å²) in [5.74, 6) is 3.87. The normalized spacial score (nSPS) is 12.1. The summed E-state index contributed by atoms with van der Waals surface area (Å²) < 4.78 is 5.02. The van der Waals surface area contributed by atoms with E-state index >= 15 is 0 Å². The third-order valence-corrected chi connectivity index (χ3v) is 24.6. The van der Waals surface area contributed by atoms with Gasteiger partial charge in [-0.1, -0.05) is 322 Å². The largest absolute Gasteiger partial charge is 0.309 e. The van der Waals surface area contributed by atoms with Crippen LogP contribution in [-0.4, -0.2) is 39.0 Å². The van der Waals surface area contributed by atoms with Crippen molar-refractivity contribution in [1.82, 2.24) is 39.0 Å². The number of fused-ring (bicyclic) bond motifs is 18. The van der Waals surface area contributed by atoms with Crippen molar-refractivity contribution in [2.24, 2.45) is 0 Å². The summed E-state index contributed by atoms with van der Waals surface area (Å²) >= 11 is 0. The van der Waals surface area contributed by atoms with E-state index in [0.29, 0.717) is 34.9 Å². The molecule has 0 amide bonds. The van der Waals surface area contributed by atoms with Crippen molar-refractivity contribution in [3.05, 3.63) is 388 Å². The van der Waals surface area contributed by atoms with Crippen molar-refractivity contribution in [1.29, 1.82) is 0 Å². The minimum atomic E-state index is 0.636. The van der Waals surface area contributed by atoms with Crippen LogP contribution < -0.4 is 0 Å². The summed E-state index contributed by atoms with van der Waals surface area (Å²) in [4.78, 5) is 30.5. The molecule has 0 bridgehead atoms. The Morgan fingerprint density at radius 2 is 0.517 bits per heavy atom. The summed E-state index contributed by atoms with van der Waals surface area (Å²) in [5.41, 5.74) is 22.8. The van der Waals surface area contributed by atoms with E-state index in [9.17, 15) is 0 Å². The van der Waals surface area contributed by atoms with Crippen LogP contribution in [0.1, 0.15) is 0 Å².